The zero-order valence-electron chi connectivity index (χ0n) is 19.5. The van der Waals surface area contributed by atoms with E-state index in [4.69, 9.17) is 14.9 Å². The molecule has 0 saturated carbocycles. The Morgan fingerprint density at radius 1 is 0.914 bits per heavy atom. The zero-order valence-corrected chi connectivity index (χ0v) is 19.5. The molecule has 2 N–H and O–H groups in total. The van der Waals surface area contributed by atoms with Gasteiger partial charge in [0.05, 0.1) is 18.7 Å². The first-order valence-corrected chi connectivity index (χ1v) is 12.1. The van der Waals surface area contributed by atoms with E-state index >= 15 is 0 Å². The molecule has 2 aliphatic heterocycles. The smallest absolute Gasteiger partial charge is 0.328 e. The van der Waals surface area contributed by atoms with E-state index in [-0.39, 0.29) is 12.2 Å². The van der Waals surface area contributed by atoms with E-state index in [2.05, 4.69) is 59.5 Å². The highest BCUT2D eigenvalue weighted by Gasteiger charge is 2.44. The Morgan fingerprint density at radius 3 is 2.00 bits per heavy atom. The molecule has 2 saturated heterocycles. The molecule has 1 aliphatic carbocycles. The number of carbonyl (C=O) groups is 2. The minimum Gasteiger partial charge on any atom is -0.478 e. The van der Waals surface area contributed by atoms with E-state index < -0.39 is 11.9 Å². The topological polar surface area (TPSA) is 111 Å². The fourth-order valence-corrected chi connectivity index (χ4v) is 5.65. The Labute approximate surface area is 205 Å². The second-order valence-corrected chi connectivity index (χ2v) is 9.17. The molecule has 0 aromatic heterocycles. The maximum Gasteiger partial charge on any atom is 0.328 e. The predicted octanol–water partition coefficient (Wildman–Crippen LogP) is 4.12. The number of fused-ring (bicyclic) bond motifs is 4. The average molecular weight is 475 g/mol. The second-order valence-electron chi connectivity index (χ2n) is 9.17. The first-order chi connectivity index (χ1) is 17.0. The van der Waals surface area contributed by atoms with Gasteiger partial charge in [0.1, 0.15) is 6.10 Å². The van der Waals surface area contributed by atoms with Crippen molar-refractivity contribution in [1.29, 1.82) is 5.26 Å². The summed E-state index contributed by atoms with van der Waals surface area (Å²) in [5.74, 6) is -2.51. The molecular formula is C28H30N2O5. The lowest BCUT2D eigenvalue weighted by molar-refractivity contribution is -0.134. The highest BCUT2D eigenvalue weighted by molar-refractivity contribution is 5.89. The quantitative estimate of drug-likeness (QED) is 0.495. The van der Waals surface area contributed by atoms with Crippen molar-refractivity contribution in [3.63, 3.8) is 0 Å². The van der Waals surface area contributed by atoms with Gasteiger partial charge >= 0.3 is 11.9 Å². The zero-order chi connectivity index (χ0) is 24.8. The Morgan fingerprint density at radius 2 is 1.46 bits per heavy atom. The van der Waals surface area contributed by atoms with Crippen LogP contribution in [0.1, 0.15) is 54.0 Å². The molecule has 3 aliphatic rings. The molecule has 2 bridgehead atoms. The molecule has 3 unspecified atom stereocenters. The van der Waals surface area contributed by atoms with Gasteiger partial charge in [-0.3, -0.25) is 4.90 Å². The minimum atomic E-state index is -1.26. The lowest BCUT2D eigenvalue weighted by Crippen LogP contribution is -2.48. The van der Waals surface area contributed by atoms with Gasteiger partial charge in [0.15, 0.2) is 0 Å². The number of ether oxygens (including phenoxy) is 1. The number of rotatable bonds is 5. The Kier molecular flexibility index (Phi) is 7.96. The fraction of sp³-hybridized carbons (Fsp3) is 0.393. The third-order valence-electron chi connectivity index (χ3n) is 7.18. The summed E-state index contributed by atoms with van der Waals surface area (Å²) in [6.07, 6.45) is 8.11. The van der Waals surface area contributed by atoms with Gasteiger partial charge < -0.3 is 14.9 Å². The van der Waals surface area contributed by atoms with Gasteiger partial charge in [0, 0.05) is 24.2 Å². The summed E-state index contributed by atoms with van der Waals surface area (Å²) in [6.45, 7) is 0.535. The van der Waals surface area contributed by atoms with Crippen LogP contribution in [0, 0.1) is 11.3 Å². The van der Waals surface area contributed by atoms with Crippen LogP contribution >= 0.6 is 0 Å². The lowest BCUT2D eigenvalue weighted by atomic mass is 9.95. The van der Waals surface area contributed by atoms with Crippen molar-refractivity contribution in [3.05, 3.63) is 82.9 Å². The second kappa shape index (κ2) is 11.3. The number of hydrogen-bond donors (Lipinski definition) is 2. The highest BCUT2D eigenvalue weighted by Crippen LogP contribution is 2.42. The monoisotopic (exact) mass is 474 g/mol. The molecule has 2 heterocycles. The first-order valence-electron chi connectivity index (χ1n) is 12.1. The van der Waals surface area contributed by atoms with Crippen LogP contribution in [0.5, 0.6) is 0 Å². The van der Waals surface area contributed by atoms with Crippen molar-refractivity contribution in [2.75, 3.05) is 6.54 Å². The molecule has 5 rings (SSSR count). The van der Waals surface area contributed by atoms with E-state index in [0.717, 1.165) is 32.1 Å². The van der Waals surface area contributed by atoms with Gasteiger partial charge in [-0.05, 0) is 60.8 Å². The summed E-state index contributed by atoms with van der Waals surface area (Å²) in [6, 6.07) is 20.9. The summed E-state index contributed by atoms with van der Waals surface area (Å²) in [4.78, 5) is 21.5. The van der Waals surface area contributed by atoms with Gasteiger partial charge in [-0.2, -0.15) is 5.26 Å². The summed E-state index contributed by atoms with van der Waals surface area (Å²) >= 11 is 0. The van der Waals surface area contributed by atoms with Crippen molar-refractivity contribution in [1.82, 2.24) is 4.90 Å². The number of hydrogen-bond acceptors (Lipinski definition) is 5. The molecule has 0 amide bonds. The van der Waals surface area contributed by atoms with Gasteiger partial charge in [-0.15, -0.1) is 0 Å². The predicted molar refractivity (Wildman–Crippen MR) is 130 cm³/mol. The molecule has 2 aromatic rings. The minimum absolute atomic E-state index is 0.00554. The standard InChI is InChI=1S/C24H26N2O.C4H4O4/c25-15-16-26-19-11-13-22(26)23(14-12-19)27-24-20-7-3-1-5-17(20)9-10-18-6-2-4-8-21(18)24;5-3(6)1-2-4(7)8/h1-8,19,22-24H,9-14,16H2;1-2H,(H,5,6)(H,7,8)/b;2-1+. The summed E-state index contributed by atoms with van der Waals surface area (Å²) in [7, 11) is 0. The van der Waals surface area contributed by atoms with Crippen LogP contribution in [-0.2, 0) is 27.2 Å². The number of piperidine rings is 1. The Balaban J connectivity index is 0.000000314. The number of aliphatic carboxylic acids is 2. The molecule has 0 radical (unpaired) electrons. The van der Waals surface area contributed by atoms with Crippen molar-refractivity contribution in [3.8, 4) is 6.07 Å². The number of nitriles is 1. The average Bonchev–Trinajstić information content (AvgIpc) is 3.04. The van der Waals surface area contributed by atoms with Gasteiger partial charge in [-0.25, -0.2) is 9.59 Å². The van der Waals surface area contributed by atoms with E-state index in [1.54, 1.807) is 0 Å². The van der Waals surface area contributed by atoms with Gasteiger partial charge in [0.25, 0.3) is 0 Å². The largest absolute Gasteiger partial charge is 0.478 e. The molecule has 35 heavy (non-hydrogen) atoms. The molecule has 0 spiro atoms. The van der Waals surface area contributed by atoms with Crippen LogP contribution in [0.4, 0.5) is 0 Å². The summed E-state index contributed by atoms with van der Waals surface area (Å²) in [5.41, 5.74) is 5.48. The number of nitrogens with zero attached hydrogens (tertiary/aromatic N) is 2. The molecule has 3 atom stereocenters. The first kappa shape index (κ1) is 24.6. The molecular weight excluding hydrogens is 444 g/mol. The highest BCUT2D eigenvalue weighted by atomic mass is 16.5. The Bertz CT molecular complexity index is 1070. The fourth-order valence-electron chi connectivity index (χ4n) is 5.65. The molecule has 2 fully saturated rings. The van der Waals surface area contributed by atoms with Crippen molar-refractivity contribution < 1.29 is 24.5 Å². The third-order valence-corrected chi connectivity index (χ3v) is 7.18. The van der Waals surface area contributed by atoms with E-state index in [1.165, 1.54) is 28.7 Å². The number of carboxylic acids is 2. The summed E-state index contributed by atoms with van der Waals surface area (Å²) < 4.78 is 6.92. The normalized spacial score (nSPS) is 23.3. The van der Waals surface area contributed by atoms with Crippen molar-refractivity contribution >= 4 is 11.9 Å². The van der Waals surface area contributed by atoms with Crippen molar-refractivity contribution in [2.45, 2.75) is 62.8 Å². The number of benzene rings is 2. The third kappa shape index (κ3) is 5.79. The van der Waals surface area contributed by atoms with Crippen LogP contribution in [-0.4, -0.2) is 51.8 Å². The summed E-state index contributed by atoms with van der Waals surface area (Å²) in [5, 5.41) is 24.9. The van der Waals surface area contributed by atoms with Crippen LogP contribution in [0.25, 0.3) is 0 Å². The van der Waals surface area contributed by atoms with Crippen LogP contribution in [0.2, 0.25) is 0 Å². The van der Waals surface area contributed by atoms with E-state index in [1.807, 2.05) is 0 Å². The van der Waals surface area contributed by atoms with Crippen LogP contribution < -0.4 is 0 Å². The van der Waals surface area contributed by atoms with Crippen molar-refractivity contribution in [2.24, 2.45) is 0 Å². The van der Waals surface area contributed by atoms with E-state index in [9.17, 15) is 14.9 Å². The maximum atomic E-state index is 9.55. The Hall–Kier alpha value is -3.47. The maximum absolute atomic E-state index is 9.55. The molecule has 182 valence electrons. The lowest BCUT2D eigenvalue weighted by Gasteiger charge is -2.40. The molecule has 2 aromatic carbocycles. The van der Waals surface area contributed by atoms with E-state index in [0.29, 0.717) is 30.8 Å². The SMILES string of the molecule is N#CCN1C2CCC(OC3c4ccccc4CCc4ccccc43)C1CC2.O=C(O)/C=C/C(=O)O. The number of aryl methyl sites for hydroxylation is 2. The molecule has 7 heteroatoms. The van der Waals surface area contributed by atoms with Gasteiger partial charge in [0.2, 0.25) is 0 Å². The molecule has 7 nitrogen and oxygen atoms in total. The van der Waals surface area contributed by atoms with Crippen LogP contribution in [0.15, 0.2) is 60.7 Å². The number of carboxylic acid groups (broad SMARTS) is 2. The van der Waals surface area contributed by atoms with Gasteiger partial charge in [-0.1, -0.05) is 48.5 Å². The van der Waals surface area contributed by atoms with Crippen LogP contribution in [0.3, 0.4) is 0 Å².